The summed E-state index contributed by atoms with van der Waals surface area (Å²) in [7, 11) is 1.83. The molecule has 28 heavy (non-hydrogen) atoms. The molecule has 9 heteroatoms. The van der Waals surface area contributed by atoms with Crippen LogP contribution in [0, 0.1) is 11.3 Å². The highest BCUT2D eigenvalue weighted by atomic mass is 16.5. The van der Waals surface area contributed by atoms with Crippen LogP contribution in [0.3, 0.4) is 0 Å². The Hall–Kier alpha value is -3.51. The molecule has 3 heterocycles. The molecule has 0 saturated carbocycles. The van der Waals surface area contributed by atoms with E-state index in [9.17, 15) is 5.26 Å². The molecule has 1 aromatic carbocycles. The summed E-state index contributed by atoms with van der Waals surface area (Å²) in [6.07, 6.45) is 6.64. The molecule has 1 saturated heterocycles. The van der Waals surface area contributed by atoms with Gasteiger partial charge in [-0.15, -0.1) is 0 Å². The van der Waals surface area contributed by atoms with E-state index in [2.05, 4.69) is 31.4 Å². The summed E-state index contributed by atoms with van der Waals surface area (Å²) in [5.41, 5.74) is 1.94. The second-order valence-electron chi connectivity index (χ2n) is 6.41. The summed E-state index contributed by atoms with van der Waals surface area (Å²) in [5.74, 6) is 1.44. The molecule has 2 aromatic heterocycles. The average Bonchev–Trinajstić information content (AvgIpc) is 3.14. The van der Waals surface area contributed by atoms with Gasteiger partial charge in [0.2, 0.25) is 5.95 Å². The van der Waals surface area contributed by atoms with Gasteiger partial charge in [0.1, 0.15) is 24.3 Å². The molecule has 0 aliphatic carbocycles. The predicted molar refractivity (Wildman–Crippen MR) is 101 cm³/mol. The number of ether oxygens (including phenoxy) is 2. The van der Waals surface area contributed by atoms with Crippen molar-refractivity contribution in [2.45, 2.75) is 18.9 Å². The lowest BCUT2D eigenvalue weighted by atomic mass is 10.1. The summed E-state index contributed by atoms with van der Waals surface area (Å²) in [6.45, 7) is 1.37. The summed E-state index contributed by atoms with van der Waals surface area (Å²) in [4.78, 5) is 12.8. The molecule has 4 rings (SSSR count). The van der Waals surface area contributed by atoms with Crippen molar-refractivity contribution in [3.8, 4) is 23.2 Å². The van der Waals surface area contributed by atoms with E-state index in [1.54, 1.807) is 23.0 Å². The summed E-state index contributed by atoms with van der Waals surface area (Å²) in [6, 6.07) is 7.57. The highest BCUT2D eigenvalue weighted by Gasteiger charge is 2.17. The maximum absolute atomic E-state index is 9.54. The Morgan fingerprint density at radius 1 is 1.29 bits per heavy atom. The molecule has 0 spiro atoms. The van der Waals surface area contributed by atoms with Gasteiger partial charge >= 0.3 is 0 Å². The zero-order chi connectivity index (χ0) is 19.3. The fraction of sp³-hybridized carbons (Fsp3) is 0.316. The topological polar surface area (TPSA) is 111 Å². The minimum atomic E-state index is 0.0687. The molecule has 0 bridgehead atoms. The summed E-state index contributed by atoms with van der Waals surface area (Å²) in [5, 5.41) is 16.7. The Kier molecular flexibility index (Phi) is 5.12. The molecule has 0 atom stereocenters. The standard InChI is InChI=1S/C19H19N7O2/c1-26-11-15(10-23-26)24-19-22-12-21-18(25-19)13-2-3-17(14(8-13)9-20)28-16-4-6-27-7-5-16/h2-3,8,10-12,16H,4-7H2,1H3,(H,21,22,24,25). The monoisotopic (exact) mass is 377 g/mol. The number of nitrogens with zero attached hydrogens (tertiary/aromatic N) is 6. The zero-order valence-corrected chi connectivity index (χ0v) is 15.4. The van der Waals surface area contributed by atoms with Crippen LogP contribution in [0.1, 0.15) is 18.4 Å². The van der Waals surface area contributed by atoms with E-state index in [4.69, 9.17) is 9.47 Å². The average molecular weight is 377 g/mol. The fourth-order valence-electron chi connectivity index (χ4n) is 2.94. The summed E-state index contributed by atoms with van der Waals surface area (Å²) < 4.78 is 13.0. The lowest BCUT2D eigenvalue weighted by Gasteiger charge is -2.23. The Labute approximate surface area is 162 Å². The lowest BCUT2D eigenvalue weighted by molar-refractivity contribution is 0.0254. The van der Waals surface area contributed by atoms with E-state index in [0.29, 0.717) is 41.9 Å². The minimum Gasteiger partial charge on any atom is -0.489 e. The Balaban J connectivity index is 1.55. The third kappa shape index (κ3) is 4.07. The smallest absolute Gasteiger partial charge is 0.230 e. The molecule has 0 radical (unpaired) electrons. The van der Waals surface area contributed by atoms with Crippen molar-refractivity contribution in [3.05, 3.63) is 42.5 Å². The van der Waals surface area contributed by atoms with Gasteiger partial charge in [-0.2, -0.15) is 15.3 Å². The Morgan fingerprint density at radius 2 is 2.14 bits per heavy atom. The third-order valence-electron chi connectivity index (χ3n) is 4.35. The SMILES string of the molecule is Cn1cc(Nc2ncnc(-c3ccc(OC4CCOCC4)c(C#N)c3)n2)cn1. The van der Waals surface area contributed by atoms with Gasteiger partial charge in [-0.3, -0.25) is 4.68 Å². The second-order valence-corrected chi connectivity index (χ2v) is 6.41. The maximum atomic E-state index is 9.54. The van der Waals surface area contributed by atoms with Crippen LogP contribution in [0.5, 0.6) is 5.75 Å². The number of hydrogen-bond acceptors (Lipinski definition) is 8. The predicted octanol–water partition coefficient (Wildman–Crippen LogP) is 2.45. The number of anilines is 2. The molecular formula is C19H19N7O2. The van der Waals surface area contributed by atoms with Gasteiger partial charge in [-0.25, -0.2) is 9.97 Å². The highest BCUT2D eigenvalue weighted by molar-refractivity contribution is 5.62. The number of hydrogen-bond donors (Lipinski definition) is 1. The van der Waals surface area contributed by atoms with Gasteiger partial charge in [-0.1, -0.05) is 0 Å². The van der Waals surface area contributed by atoms with Gasteiger partial charge in [0.05, 0.1) is 30.7 Å². The lowest BCUT2D eigenvalue weighted by Crippen LogP contribution is -2.26. The first-order valence-electron chi connectivity index (χ1n) is 8.95. The van der Waals surface area contributed by atoms with Gasteiger partial charge in [0.25, 0.3) is 0 Å². The van der Waals surface area contributed by atoms with Crippen molar-refractivity contribution < 1.29 is 9.47 Å². The van der Waals surface area contributed by atoms with Crippen molar-refractivity contribution in [1.29, 1.82) is 5.26 Å². The molecule has 0 amide bonds. The Morgan fingerprint density at radius 3 is 2.89 bits per heavy atom. The molecule has 1 aliphatic rings. The van der Waals surface area contributed by atoms with Crippen LogP contribution in [-0.4, -0.2) is 44.1 Å². The van der Waals surface area contributed by atoms with Crippen LogP contribution in [-0.2, 0) is 11.8 Å². The normalized spacial score (nSPS) is 14.4. The minimum absolute atomic E-state index is 0.0687. The van der Waals surface area contributed by atoms with E-state index in [1.165, 1.54) is 6.33 Å². The number of benzene rings is 1. The molecule has 3 aromatic rings. The molecule has 142 valence electrons. The first-order valence-corrected chi connectivity index (χ1v) is 8.95. The van der Waals surface area contributed by atoms with E-state index >= 15 is 0 Å². The summed E-state index contributed by atoms with van der Waals surface area (Å²) >= 11 is 0. The van der Waals surface area contributed by atoms with Crippen molar-refractivity contribution in [2.75, 3.05) is 18.5 Å². The number of rotatable bonds is 5. The molecule has 1 aliphatic heterocycles. The van der Waals surface area contributed by atoms with E-state index in [1.807, 2.05) is 19.3 Å². The van der Waals surface area contributed by atoms with Crippen molar-refractivity contribution in [1.82, 2.24) is 24.7 Å². The van der Waals surface area contributed by atoms with Crippen molar-refractivity contribution in [2.24, 2.45) is 7.05 Å². The number of aromatic nitrogens is 5. The van der Waals surface area contributed by atoms with Crippen molar-refractivity contribution >= 4 is 11.6 Å². The molecule has 9 nitrogen and oxygen atoms in total. The first-order chi connectivity index (χ1) is 13.7. The van der Waals surface area contributed by atoms with Gasteiger partial charge in [0.15, 0.2) is 5.82 Å². The molecule has 0 unspecified atom stereocenters. The second kappa shape index (κ2) is 8.02. The third-order valence-corrected chi connectivity index (χ3v) is 4.35. The fourth-order valence-corrected chi connectivity index (χ4v) is 2.94. The quantitative estimate of drug-likeness (QED) is 0.722. The van der Waals surface area contributed by atoms with Crippen LogP contribution < -0.4 is 10.1 Å². The highest BCUT2D eigenvalue weighted by Crippen LogP contribution is 2.27. The van der Waals surface area contributed by atoms with E-state index < -0.39 is 0 Å². The number of aryl methyl sites for hydroxylation is 1. The molecular weight excluding hydrogens is 358 g/mol. The Bertz CT molecular complexity index is 1010. The van der Waals surface area contributed by atoms with Gasteiger partial charge in [-0.05, 0) is 18.2 Å². The van der Waals surface area contributed by atoms with Crippen LogP contribution >= 0.6 is 0 Å². The first kappa shape index (κ1) is 17.9. The number of nitriles is 1. The van der Waals surface area contributed by atoms with Gasteiger partial charge in [0, 0.05) is 31.6 Å². The van der Waals surface area contributed by atoms with E-state index in [-0.39, 0.29) is 6.10 Å². The van der Waals surface area contributed by atoms with Crippen LogP contribution in [0.25, 0.3) is 11.4 Å². The zero-order valence-electron chi connectivity index (χ0n) is 15.4. The van der Waals surface area contributed by atoms with Crippen LogP contribution in [0.4, 0.5) is 11.6 Å². The van der Waals surface area contributed by atoms with Crippen molar-refractivity contribution in [3.63, 3.8) is 0 Å². The van der Waals surface area contributed by atoms with E-state index in [0.717, 1.165) is 18.5 Å². The maximum Gasteiger partial charge on any atom is 0.230 e. The van der Waals surface area contributed by atoms with Gasteiger partial charge < -0.3 is 14.8 Å². The largest absolute Gasteiger partial charge is 0.489 e. The molecule has 1 fully saturated rings. The van der Waals surface area contributed by atoms with Crippen LogP contribution in [0.15, 0.2) is 36.9 Å². The van der Waals surface area contributed by atoms with Crippen LogP contribution in [0.2, 0.25) is 0 Å². The number of nitrogens with one attached hydrogen (secondary N) is 1. The molecule has 1 N–H and O–H groups in total.